The van der Waals surface area contributed by atoms with Gasteiger partial charge in [-0.25, -0.2) is 4.79 Å². The maximum absolute atomic E-state index is 11.9. The summed E-state index contributed by atoms with van der Waals surface area (Å²) in [6.07, 6.45) is 0. The van der Waals surface area contributed by atoms with Gasteiger partial charge in [-0.15, -0.1) is 0 Å². The van der Waals surface area contributed by atoms with Crippen molar-refractivity contribution in [3.8, 4) is 17.2 Å². The van der Waals surface area contributed by atoms with Gasteiger partial charge >= 0.3 is 5.97 Å². The lowest BCUT2D eigenvalue weighted by molar-refractivity contribution is -0.140. The summed E-state index contributed by atoms with van der Waals surface area (Å²) < 4.78 is 0. The van der Waals surface area contributed by atoms with Crippen LogP contribution >= 0.6 is 12.6 Å². The Morgan fingerprint density at radius 1 is 1.22 bits per heavy atom. The highest BCUT2D eigenvalue weighted by Crippen LogP contribution is 2.36. The van der Waals surface area contributed by atoms with Gasteiger partial charge in [0.25, 0.3) is 0 Å². The number of nitrogens with two attached hydrogens (primary N) is 1. The molecule has 0 aliphatic rings. The summed E-state index contributed by atoms with van der Waals surface area (Å²) in [7, 11) is 0. The molecule has 6 N–H and O–H groups in total. The fourth-order valence-electron chi connectivity index (χ4n) is 1.23. The number of phenols is 3. The molecule has 0 saturated carbocycles. The number of carbonyl (C=O) groups is 2. The predicted octanol–water partition coefficient (Wildman–Crippen LogP) is -0.302. The van der Waals surface area contributed by atoms with Gasteiger partial charge in [-0.2, -0.15) is 12.6 Å². The first-order valence-electron chi connectivity index (χ1n) is 4.67. The summed E-state index contributed by atoms with van der Waals surface area (Å²) in [5.74, 6) is -5.43. The number of Topliss-reactive ketones (excluding diaryl/α,β-unsaturated/α-hetero) is 1. The van der Waals surface area contributed by atoms with Gasteiger partial charge in [-0.1, -0.05) is 0 Å². The maximum atomic E-state index is 11.9. The predicted molar refractivity (Wildman–Crippen MR) is 64.2 cm³/mol. The Labute approximate surface area is 107 Å². The monoisotopic (exact) mass is 273 g/mol. The van der Waals surface area contributed by atoms with Crippen LogP contribution in [0.4, 0.5) is 0 Å². The van der Waals surface area contributed by atoms with E-state index >= 15 is 0 Å². The number of aromatic hydroxyl groups is 3. The van der Waals surface area contributed by atoms with Crippen molar-refractivity contribution in [3.05, 3.63) is 17.7 Å². The van der Waals surface area contributed by atoms with Crippen LogP contribution in [-0.4, -0.2) is 43.5 Å². The molecule has 7 nitrogen and oxygen atoms in total. The molecule has 0 radical (unpaired) electrons. The zero-order valence-corrected chi connectivity index (χ0v) is 9.89. The smallest absolute Gasteiger partial charge is 0.332 e. The number of hydrogen-bond acceptors (Lipinski definition) is 7. The molecule has 0 aromatic heterocycles. The zero-order valence-electron chi connectivity index (χ0n) is 8.99. The molecule has 0 amide bonds. The van der Waals surface area contributed by atoms with E-state index in [0.717, 1.165) is 12.1 Å². The van der Waals surface area contributed by atoms with Crippen LogP contribution in [0.25, 0.3) is 0 Å². The van der Waals surface area contributed by atoms with E-state index in [4.69, 9.17) is 15.9 Å². The Kier molecular flexibility index (Phi) is 3.73. The number of aliphatic carboxylic acids is 1. The third kappa shape index (κ3) is 2.20. The maximum Gasteiger partial charge on any atom is 0.332 e. The van der Waals surface area contributed by atoms with Crippen molar-refractivity contribution in [1.29, 1.82) is 0 Å². The van der Waals surface area contributed by atoms with Crippen LogP contribution in [0.1, 0.15) is 10.4 Å². The van der Waals surface area contributed by atoms with E-state index < -0.39 is 40.3 Å². The molecule has 0 aliphatic heterocycles. The highest BCUT2D eigenvalue weighted by molar-refractivity contribution is 7.80. The lowest BCUT2D eigenvalue weighted by atomic mass is 9.91. The number of hydrogen-bond donors (Lipinski definition) is 6. The Bertz CT molecular complexity index is 494. The van der Waals surface area contributed by atoms with Crippen LogP contribution in [0.15, 0.2) is 12.1 Å². The SMILES string of the molecule is N[C@@](CS)(C(=O)O)C(=O)c1cc(O)c(O)c(O)c1. The van der Waals surface area contributed by atoms with E-state index in [2.05, 4.69) is 12.6 Å². The minimum atomic E-state index is -2.28. The summed E-state index contributed by atoms with van der Waals surface area (Å²) in [6, 6.07) is 1.62. The Morgan fingerprint density at radius 2 is 1.67 bits per heavy atom. The molecular formula is C10H11NO6S. The molecule has 0 fully saturated rings. The van der Waals surface area contributed by atoms with Gasteiger partial charge in [0, 0.05) is 11.3 Å². The zero-order chi connectivity index (χ0) is 14.1. The molecule has 0 saturated heterocycles. The van der Waals surface area contributed by atoms with Crippen molar-refractivity contribution < 1.29 is 30.0 Å². The molecule has 1 aromatic rings. The fourth-order valence-corrected chi connectivity index (χ4v) is 1.51. The highest BCUT2D eigenvalue weighted by atomic mass is 32.1. The number of ketones is 1. The molecule has 0 spiro atoms. The van der Waals surface area contributed by atoms with E-state index in [1.807, 2.05) is 0 Å². The third-order valence-electron chi connectivity index (χ3n) is 2.37. The van der Waals surface area contributed by atoms with Gasteiger partial charge in [-0.3, -0.25) is 4.79 Å². The van der Waals surface area contributed by atoms with Crippen molar-refractivity contribution in [2.75, 3.05) is 5.75 Å². The number of phenolic OH excluding ortho intramolecular Hbond substituents is 3. The molecule has 1 atom stereocenters. The average molecular weight is 273 g/mol. The summed E-state index contributed by atoms with van der Waals surface area (Å²) in [4.78, 5) is 22.8. The van der Waals surface area contributed by atoms with Crippen LogP contribution in [0, 0.1) is 0 Å². The van der Waals surface area contributed by atoms with E-state index in [1.165, 1.54) is 0 Å². The molecule has 8 heteroatoms. The van der Waals surface area contributed by atoms with Gasteiger partial charge in [0.15, 0.2) is 28.6 Å². The second-order valence-electron chi connectivity index (χ2n) is 3.63. The number of thiol groups is 1. The molecule has 0 bridgehead atoms. The Morgan fingerprint density at radius 3 is 2.00 bits per heavy atom. The van der Waals surface area contributed by atoms with Crippen molar-refractivity contribution in [2.45, 2.75) is 5.54 Å². The summed E-state index contributed by atoms with van der Waals surface area (Å²) in [5.41, 5.74) is 2.78. The fraction of sp³-hybridized carbons (Fsp3) is 0.200. The standard InChI is InChI=1S/C10H11NO6S/c11-10(3-18,9(16)17)8(15)4-1-5(12)7(14)6(13)2-4/h1-2,12-14,18H,3,11H2,(H,16,17)/t10-/m1/s1. The van der Waals surface area contributed by atoms with Crippen LogP contribution in [-0.2, 0) is 4.79 Å². The van der Waals surface area contributed by atoms with E-state index in [-0.39, 0.29) is 5.56 Å². The lowest BCUT2D eigenvalue weighted by Gasteiger charge is -2.21. The second-order valence-corrected chi connectivity index (χ2v) is 3.94. The molecule has 1 aromatic carbocycles. The first kappa shape index (κ1) is 14.1. The van der Waals surface area contributed by atoms with Gasteiger partial charge in [0.05, 0.1) is 0 Å². The highest BCUT2D eigenvalue weighted by Gasteiger charge is 2.41. The molecule has 18 heavy (non-hydrogen) atoms. The summed E-state index contributed by atoms with van der Waals surface area (Å²) in [6.45, 7) is 0. The molecular weight excluding hydrogens is 262 g/mol. The molecule has 0 aliphatic carbocycles. The molecule has 0 unspecified atom stereocenters. The quantitative estimate of drug-likeness (QED) is 0.191. The van der Waals surface area contributed by atoms with Crippen molar-refractivity contribution in [3.63, 3.8) is 0 Å². The number of carboxylic acid groups (broad SMARTS) is 1. The van der Waals surface area contributed by atoms with Gasteiger partial charge < -0.3 is 26.2 Å². The second kappa shape index (κ2) is 4.75. The Hall–Kier alpha value is -1.93. The van der Waals surface area contributed by atoms with Crippen molar-refractivity contribution >= 4 is 24.4 Å². The van der Waals surface area contributed by atoms with Crippen LogP contribution in [0.5, 0.6) is 17.2 Å². The summed E-state index contributed by atoms with van der Waals surface area (Å²) >= 11 is 3.70. The van der Waals surface area contributed by atoms with Gasteiger partial charge in [0.1, 0.15) is 0 Å². The molecule has 1 rings (SSSR count). The minimum Gasteiger partial charge on any atom is -0.504 e. The van der Waals surface area contributed by atoms with Crippen molar-refractivity contribution in [1.82, 2.24) is 0 Å². The van der Waals surface area contributed by atoms with Crippen molar-refractivity contribution in [2.24, 2.45) is 5.73 Å². The lowest BCUT2D eigenvalue weighted by Crippen LogP contribution is -2.56. The number of benzene rings is 1. The van der Waals surface area contributed by atoms with Crippen LogP contribution < -0.4 is 5.73 Å². The molecule has 98 valence electrons. The minimum absolute atomic E-state index is 0.346. The first-order valence-corrected chi connectivity index (χ1v) is 5.30. The van der Waals surface area contributed by atoms with E-state index in [0.29, 0.717) is 0 Å². The van der Waals surface area contributed by atoms with E-state index in [1.54, 1.807) is 0 Å². The first-order chi connectivity index (χ1) is 8.24. The topological polar surface area (TPSA) is 141 Å². The van der Waals surface area contributed by atoms with Gasteiger partial charge in [0.2, 0.25) is 0 Å². The van der Waals surface area contributed by atoms with Crippen LogP contribution in [0.3, 0.4) is 0 Å². The largest absolute Gasteiger partial charge is 0.504 e. The van der Waals surface area contributed by atoms with E-state index in [9.17, 15) is 19.8 Å². The number of carbonyl (C=O) groups excluding carboxylic acids is 1. The molecule has 0 heterocycles. The normalized spacial score (nSPS) is 13.9. The third-order valence-corrected chi connectivity index (χ3v) is 2.87. The average Bonchev–Trinajstić information content (AvgIpc) is 2.33. The number of rotatable bonds is 4. The van der Waals surface area contributed by atoms with Crippen LogP contribution in [0.2, 0.25) is 0 Å². The number of carboxylic acids is 1. The summed E-state index contributed by atoms with van der Waals surface area (Å²) in [5, 5.41) is 36.5. The Balaban J connectivity index is 3.31. The van der Waals surface area contributed by atoms with Gasteiger partial charge in [-0.05, 0) is 12.1 Å².